The third kappa shape index (κ3) is 2.99. The highest BCUT2D eigenvalue weighted by atomic mass is 15.6. The molecule has 0 bridgehead atoms. The Morgan fingerprint density at radius 1 is 1.40 bits per heavy atom. The van der Waals surface area contributed by atoms with Gasteiger partial charge in [-0.15, -0.1) is 5.10 Å². The highest BCUT2D eigenvalue weighted by Gasteiger charge is 2.22. The van der Waals surface area contributed by atoms with Crippen LogP contribution < -0.4 is 5.32 Å². The van der Waals surface area contributed by atoms with Gasteiger partial charge in [0.2, 0.25) is 0 Å². The molecule has 5 heteroatoms. The molecular weight excluding hydrogens is 190 g/mol. The Bertz CT molecular complexity index is 299. The smallest absolute Gasteiger partial charge is 0.168 e. The molecule has 0 aliphatic carbocycles. The number of hydrogen-bond acceptors (Lipinski definition) is 4. The molecule has 1 rings (SSSR count). The van der Waals surface area contributed by atoms with E-state index in [1.54, 1.807) is 0 Å². The third-order valence-corrected chi connectivity index (χ3v) is 2.22. The molecule has 0 saturated heterocycles. The Kier molecular flexibility index (Phi) is 3.79. The van der Waals surface area contributed by atoms with Gasteiger partial charge in [0, 0.05) is 0 Å². The number of hydrogen-bond donors (Lipinski definition) is 1. The lowest BCUT2D eigenvalue weighted by Crippen LogP contribution is -2.30. The van der Waals surface area contributed by atoms with Crippen LogP contribution in [0.15, 0.2) is 0 Å². The van der Waals surface area contributed by atoms with Gasteiger partial charge >= 0.3 is 0 Å². The van der Waals surface area contributed by atoms with E-state index in [1.807, 2.05) is 4.68 Å². The summed E-state index contributed by atoms with van der Waals surface area (Å²) < 4.78 is 1.88. The van der Waals surface area contributed by atoms with Gasteiger partial charge in [-0.25, -0.2) is 4.68 Å². The fourth-order valence-corrected chi connectivity index (χ4v) is 1.39. The molecule has 0 radical (unpaired) electrons. The van der Waals surface area contributed by atoms with Crippen molar-refractivity contribution in [3.63, 3.8) is 0 Å². The van der Waals surface area contributed by atoms with Crippen LogP contribution in [0.25, 0.3) is 0 Å². The predicted octanol–water partition coefficient (Wildman–Crippen LogP) is 1.49. The molecule has 5 nitrogen and oxygen atoms in total. The fourth-order valence-electron chi connectivity index (χ4n) is 1.39. The monoisotopic (exact) mass is 211 g/mol. The molecule has 1 aromatic rings. The van der Waals surface area contributed by atoms with Crippen molar-refractivity contribution in [2.24, 2.45) is 0 Å². The largest absolute Gasteiger partial charge is 0.307 e. The Labute approximate surface area is 91.2 Å². The minimum Gasteiger partial charge on any atom is -0.307 e. The van der Waals surface area contributed by atoms with Crippen LogP contribution in [0.3, 0.4) is 0 Å². The summed E-state index contributed by atoms with van der Waals surface area (Å²) >= 11 is 0. The highest BCUT2D eigenvalue weighted by molar-refractivity contribution is 4.93. The lowest BCUT2D eigenvalue weighted by Gasteiger charge is -2.22. The molecule has 0 amide bonds. The minimum absolute atomic E-state index is 0.0685. The van der Waals surface area contributed by atoms with Crippen LogP contribution in [-0.4, -0.2) is 26.8 Å². The quantitative estimate of drug-likeness (QED) is 0.819. The average molecular weight is 211 g/mol. The summed E-state index contributed by atoms with van der Waals surface area (Å²) in [5, 5.41) is 15.2. The van der Waals surface area contributed by atoms with Gasteiger partial charge in [0.15, 0.2) is 5.82 Å². The number of nitrogens with one attached hydrogen (secondary N) is 1. The first-order valence-corrected chi connectivity index (χ1v) is 5.49. The molecule has 1 atom stereocenters. The van der Waals surface area contributed by atoms with Crippen LogP contribution in [0, 0.1) is 0 Å². The molecule has 86 valence electrons. The van der Waals surface area contributed by atoms with Gasteiger partial charge in [-0.2, -0.15) is 0 Å². The zero-order valence-electron chi connectivity index (χ0n) is 10.3. The van der Waals surface area contributed by atoms with Gasteiger partial charge in [0.05, 0.1) is 11.6 Å². The first-order chi connectivity index (χ1) is 6.96. The Morgan fingerprint density at radius 3 is 2.60 bits per heavy atom. The van der Waals surface area contributed by atoms with Crippen LogP contribution in [-0.2, 0) is 5.54 Å². The SMILES string of the molecule is CCCNC(C)c1nnnn1C(C)(C)C. The van der Waals surface area contributed by atoms with Gasteiger partial charge < -0.3 is 5.32 Å². The van der Waals surface area contributed by atoms with Crippen LogP contribution in [0.1, 0.15) is 52.9 Å². The maximum Gasteiger partial charge on any atom is 0.168 e. The van der Waals surface area contributed by atoms with Crippen molar-refractivity contribution in [2.45, 2.75) is 52.6 Å². The molecule has 1 aromatic heterocycles. The molecule has 0 fully saturated rings. The first-order valence-electron chi connectivity index (χ1n) is 5.49. The van der Waals surface area contributed by atoms with Crippen molar-refractivity contribution >= 4 is 0 Å². The van der Waals surface area contributed by atoms with Crippen molar-refractivity contribution in [1.82, 2.24) is 25.5 Å². The topological polar surface area (TPSA) is 55.6 Å². The van der Waals surface area contributed by atoms with Crippen molar-refractivity contribution in [3.8, 4) is 0 Å². The van der Waals surface area contributed by atoms with Gasteiger partial charge in [0.1, 0.15) is 0 Å². The summed E-state index contributed by atoms with van der Waals surface area (Å²) in [6.45, 7) is 11.5. The summed E-state index contributed by atoms with van der Waals surface area (Å²) in [6.07, 6.45) is 1.11. The van der Waals surface area contributed by atoms with Crippen LogP contribution >= 0.6 is 0 Å². The number of rotatable bonds is 4. The zero-order chi connectivity index (χ0) is 11.5. The second-order valence-electron chi connectivity index (χ2n) is 4.80. The second-order valence-corrected chi connectivity index (χ2v) is 4.80. The fraction of sp³-hybridized carbons (Fsp3) is 0.900. The molecule has 0 spiro atoms. The van der Waals surface area contributed by atoms with Crippen molar-refractivity contribution in [1.29, 1.82) is 0 Å². The Hall–Kier alpha value is -0.970. The van der Waals surface area contributed by atoms with Gasteiger partial charge in [-0.1, -0.05) is 6.92 Å². The molecule has 0 saturated carbocycles. The van der Waals surface area contributed by atoms with E-state index in [0.717, 1.165) is 18.8 Å². The standard InChI is InChI=1S/C10H21N5/c1-6-7-11-8(2)9-12-13-14-15(9)10(3,4)5/h8,11H,6-7H2,1-5H3. The van der Waals surface area contributed by atoms with E-state index in [-0.39, 0.29) is 11.6 Å². The zero-order valence-corrected chi connectivity index (χ0v) is 10.3. The Morgan fingerprint density at radius 2 is 2.07 bits per heavy atom. The maximum absolute atomic E-state index is 4.07. The van der Waals surface area contributed by atoms with E-state index in [2.05, 4.69) is 55.5 Å². The molecule has 15 heavy (non-hydrogen) atoms. The van der Waals surface area contributed by atoms with E-state index in [9.17, 15) is 0 Å². The number of nitrogens with zero attached hydrogens (tertiary/aromatic N) is 4. The minimum atomic E-state index is -0.0685. The first kappa shape index (κ1) is 12.1. The van der Waals surface area contributed by atoms with Crippen LogP contribution in [0.2, 0.25) is 0 Å². The molecule has 1 unspecified atom stereocenters. The summed E-state index contributed by atoms with van der Waals surface area (Å²) in [5.41, 5.74) is -0.0685. The summed E-state index contributed by atoms with van der Waals surface area (Å²) in [6, 6.07) is 0.194. The van der Waals surface area contributed by atoms with E-state index in [4.69, 9.17) is 0 Å². The van der Waals surface area contributed by atoms with Gasteiger partial charge in [-0.3, -0.25) is 0 Å². The molecule has 1 heterocycles. The summed E-state index contributed by atoms with van der Waals surface area (Å²) in [5.74, 6) is 0.899. The molecule has 0 aliphatic rings. The summed E-state index contributed by atoms with van der Waals surface area (Å²) in [4.78, 5) is 0. The normalized spacial score (nSPS) is 14.2. The van der Waals surface area contributed by atoms with Crippen molar-refractivity contribution in [3.05, 3.63) is 5.82 Å². The lowest BCUT2D eigenvalue weighted by molar-refractivity contribution is 0.322. The third-order valence-electron chi connectivity index (χ3n) is 2.22. The van der Waals surface area contributed by atoms with E-state index >= 15 is 0 Å². The van der Waals surface area contributed by atoms with Crippen molar-refractivity contribution in [2.75, 3.05) is 6.54 Å². The molecule has 0 aliphatic heterocycles. The second kappa shape index (κ2) is 4.70. The molecule has 1 N–H and O–H groups in total. The number of aromatic nitrogens is 4. The maximum atomic E-state index is 4.07. The van der Waals surface area contributed by atoms with E-state index in [0.29, 0.717) is 0 Å². The van der Waals surface area contributed by atoms with E-state index < -0.39 is 0 Å². The average Bonchev–Trinajstić information content (AvgIpc) is 2.61. The summed E-state index contributed by atoms with van der Waals surface area (Å²) in [7, 11) is 0. The Balaban J connectivity index is 2.81. The van der Waals surface area contributed by atoms with Crippen molar-refractivity contribution < 1.29 is 0 Å². The van der Waals surface area contributed by atoms with Gasteiger partial charge in [-0.05, 0) is 51.1 Å². The van der Waals surface area contributed by atoms with E-state index in [1.165, 1.54) is 0 Å². The van der Waals surface area contributed by atoms with Crippen LogP contribution in [0.4, 0.5) is 0 Å². The lowest BCUT2D eigenvalue weighted by atomic mass is 10.1. The molecule has 0 aromatic carbocycles. The number of tetrazole rings is 1. The van der Waals surface area contributed by atoms with Gasteiger partial charge in [0.25, 0.3) is 0 Å². The predicted molar refractivity (Wildman–Crippen MR) is 59.5 cm³/mol. The highest BCUT2D eigenvalue weighted by Crippen LogP contribution is 2.17. The van der Waals surface area contributed by atoms with Crippen LogP contribution in [0.5, 0.6) is 0 Å². The molecular formula is C10H21N5.